The number of anilines is 1. The molecule has 2 amide bonds. The topological polar surface area (TPSA) is 75.4 Å². The van der Waals surface area contributed by atoms with Gasteiger partial charge in [0.1, 0.15) is 12.3 Å². The van der Waals surface area contributed by atoms with E-state index in [0.29, 0.717) is 11.6 Å². The van der Waals surface area contributed by atoms with E-state index in [1.54, 1.807) is 17.9 Å². The second-order valence-corrected chi connectivity index (χ2v) is 6.43. The van der Waals surface area contributed by atoms with E-state index in [-0.39, 0.29) is 30.3 Å². The minimum absolute atomic E-state index is 0.0502. The summed E-state index contributed by atoms with van der Waals surface area (Å²) in [7, 11) is 0. The molecule has 1 saturated carbocycles. The van der Waals surface area contributed by atoms with Crippen molar-refractivity contribution in [3.8, 4) is 0 Å². The van der Waals surface area contributed by atoms with Crippen molar-refractivity contribution in [1.29, 1.82) is 0 Å². The molecule has 0 saturated heterocycles. The molecule has 2 rings (SSSR count). The fraction of sp³-hybridized carbons (Fsp3) is 0.706. The van der Waals surface area contributed by atoms with E-state index in [4.69, 9.17) is 4.52 Å². The van der Waals surface area contributed by atoms with Crippen LogP contribution in [0.5, 0.6) is 0 Å². The quantitative estimate of drug-likeness (QED) is 0.873. The van der Waals surface area contributed by atoms with Crippen LogP contribution in [0.2, 0.25) is 0 Å². The first-order valence-electron chi connectivity index (χ1n) is 8.55. The van der Waals surface area contributed by atoms with Gasteiger partial charge in [0.05, 0.1) is 0 Å². The third-order valence-corrected chi connectivity index (χ3v) is 4.57. The van der Waals surface area contributed by atoms with Gasteiger partial charge in [0.25, 0.3) is 0 Å². The van der Waals surface area contributed by atoms with Crippen LogP contribution in [0.4, 0.5) is 5.82 Å². The fourth-order valence-corrected chi connectivity index (χ4v) is 3.02. The van der Waals surface area contributed by atoms with Crippen molar-refractivity contribution in [3.63, 3.8) is 0 Å². The van der Waals surface area contributed by atoms with E-state index in [1.807, 2.05) is 13.8 Å². The second kappa shape index (κ2) is 8.13. The molecule has 1 heterocycles. The van der Waals surface area contributed by atoms with Crippen molar-refractivity contribution in [1.82, 2.24) is 10.1 Å². The molecule has 1 aromatic rings. The zero-order valence-corrected chi connectivity index (χ0v) is 14.3. The monoisotopic (exact) mass is 321 g/mol. The third-order valence-electron chi connectivity index (χ3n) is 4.57. The summed E-state index contributed by atoms with van der Waals surface area (Å²) in [5.74, 6) is 0.979. The fourth-order valence-electron chi connectivity index (χ4n) is 3.02. The molecule has 0 aromatic carbocycles. The molecule has 6 heteroatoms. The van der Waals surface area contributed by atoms with Crippen LogP contribution in [-0.2, 0) is 9.59 Å². The molecule has 1 atom stereocenters. The molecule has 1 N–H and O–H groups in total. The van der Waals surface area contributed by atoms with E-state index in [1.165, 1.54) is 6.42 Å². The molecule has 0 radical (unpaired) electrons. The minimum Gasteiger partial charge on any atom is -0.360 e. The van der Waals surface area contributed by atoms with Gasteiger partial charge in [-0.2, -0.15) is 0 Å². The van der Waals surface area contributed by atoms with E-state index >= 15 is 0 Å². The normalized spacial score (nSPS) is 16.8. The summed E-state index contributed by atoms with van der Waals surface area (Å²) in [6.07, 6.45) is 6.13. The lowest BCUT2D eigenvalue weighted by Gasteiger charge is -2.32. The Kier molecular flexibility index (Phi) is 6.19. The maximum Gasteiger partial charge on any atom is 0.245 e. The Morgan fingerprint density at radius 2 is 2.09 bits per heavy atom. The molecule has 1 aliphatic carbocycles. The van der Waals surface area contributed by atoms with Crippen LogP contribution in [0.25, 0.3) is 0 Å². The van der Waals surface area contributed by atoms with Gasteiger partial charge < -0.3 is 14.7 Å². The minimum atomic E-state index is -0.234. The first kappa shape index (κ1) is 17.5. The van der Waals surface area contributed by atoms with Crippen LogP contribution in [0.15, 0.2) is 10.6 Å². The van der Waals surface area contributed by atoms with Crippen molar-refractivity contribution in [2.45, 2.75) is 65.3 Å². The number of aryl methyl sites for hydroxylation is 1. The van der Waals surface area contributed by atoms with Gasteiger partial charge >= 0.3 is 0 Å². The van der Waals surface area contributed by atoms with Crippen LogP contribution in [0, 0.1) is 12.8 Å². The molecule has 1 aliphatic rings. The van der Waals surface area contributed by atoms with Gasteiger partial charge in [-0.3, -0.25) is 9.59 Å². The highest BCUT2D eigenvalue weighted by Gasteiger charge is 2.29. The van der Waals surface area contributed by atoms with Crippen molar-refractivity contribution in [2.24, 2.45) is 5.92 Å². The van der Waals surface area contributed by atoms with Gasteiger partial charge in [0.15, 0.2) is 5.82 Å². The molecule has 0 aliphatic heterocycles. The second-order valence-electron chi connectivity index (χ2n) is 6.43. The average molecular weight is 321 g/mol. The van der Waals surface area contributed by atoms with Gasteiger partial charge in [-0.25, -0.2) is 0 Å². The number of rotatable bonds is 6. The van der Waals surface area contributed by atoms with E-state index < -0.39 is 0 Å². The molecular weight excluding hydrogens is 294 g/mol. The lowest BCUT2D eigenvalue weighted by molar-refractivity contribution is -0.141. The summed E-state index contributed by atoms with van der Waals surface area (Å²) in [4.78, 5) is 26.8. The summed E-state index contributed by atoms with van der Waals surface area (Å²) in [5, 5.41) is 6.44. The molecule has 1 fully saturated rings. The third kappa shape index (κ3) is 4.81. The number of aromatic nitrogens is 1. The summed E-state index contributed by atoms with van der Waals surface area (Å²) in [5.41, 5.74) is 0. The van der Waals surface area contributed by atoms with E-state index in [9.17, 15) is 9.59 Å². The van der Waals surface area contributed by atoms with E-state index in [2.05, 4.69) is 10.5 Å². The van der Waals surface area contributed by atoms with Gasteiger partial charge in [-0.15, -0.1) is 0 Å². The van der Waals surface area contributed by atoms with Gasteiger partial charge in [-0.1, -0.05) is 31.3 Å². The molecule has 0 unspecified atom stereocenters. The Hall–Kier alpha value is -1.85. The highest BCUT2D eigenvalue weighted by Crippen LogP contribution is 2.26. The Labute approximate surface area is 137 Å². The van der Waals surface area contributed by atoms with E-state index in [0.717, 1.165) is 32.1 Å². The highest BCUT2D eigenvalue weighted by atomic mass is 16.5. The molecule has 0 bridgehead atoms. The maximum absolute atomic E-state index is 12.8. The van der Waals surface area contributed by atoms with Crippen LogP contribution in [0.1, 0.15) is 58.1 Å². The molecule has 6 nitrogen and oxygen atoms in total. The largest absolute Gasteiger partial charge is 0.360 e. The first-order valence-corrected chi connectivity index (χ1v) is 8.55. The van der Waals surface area contributed by atoms with Crippen LogP contribution in [-0.4, -0.2) is 34.5 Å². The lowest BCUT2D eigenvalue weighted by atomic mass is 9.88. The zero-order valence-electron chi connectivity index (χ0n) is 14.3. The van der Waals surface area contributed by atoms with Crippen LogP contribution in [0.3, 0.4) is 0 Å². The lowest BCUT2D eigenvalue weighted by Crippen LogP contribution is -2.46. The molecule has 23 heavy (non-hydrogen) atoms. The summed E-state index contributed by atoms with van der Waals surface area (Å²) >= 11 is 0. The predicted molar refractivity (Wildman–Crippen MR) is 87.9 cm³/mol. The number of hydrogen-bond donors (Lipinski definition) is 1. The number of carbonyl (C=O) groups is 2. The Morgan fingerprint density at radius 3 is 2.65 bits per heavy atom. The van der Waals surface area contributed by atoms with Gasteiger partial charge in [-0.05, 0) is 33.1 Å². The Balaban J connectivity index is 1.99. The maximum atomic E-state index is 12.8. The molecule has 1 aromatic heterocycles. The van der Waals surface area contributed by atoms with Crippen LogP contribution < -0.4 is 5.32 Å². The number of amides is 2. The SMILES string of the molecule is CC[C@@H](C)N(CC(=O)Nc1cc(C)on1)C(=O)C1CCCCC1. The van der Waals surface area contributed by atoms with Gasteiger partial charge in [0, 0.05) is 18.0 Å². The average Bonchev–Trinajstić information content (AvgIpc) is 2.97. The van der Waals surface area contributed by atoms with Gasteiger partial charge in [0.2, 0.25) is 11.8 Å². The smallest absolute Gasteiger partial charge is 0.245 e. The Bertz CT molecular complexity index is 535. The molecule has 0 spiro atoms. The first-order chi connectivity index (χ1) is 11.0. The van der Waals surface area contributed by atoms with Crippen molar-refractivity contribution in [3.05, 3.63) is 11.8 Å². The highest BCUT2D eigenvalue weighted by molar-refractivity contribution is 5.94. The zero-order chi connectivity index (χ0) is 16.8. The number of carbonyl (C=O) groups excluding carboxylic acids is 2. The molecule has 128 valence electrons. The molecular formula is C17H27N3O3. The van der Waals surface area contributed by atoms with Crippen molar-refractivity contribution in [2.75, 3.05) is 11.9 Å². The summed E-state index contributed by atoms with van der Waals surface area (Å²) in [6.45, 7) is 5.86. The standard InChI is InChI=1S/C17H27N3O3/c1-4-12(2)20(17(22)14-8-6-5-7-9-14)11-16(21)18-15-10-13(3)23-19-15/h10,12,14H,4-9,11H2,1-3H3,(H,18,19,21)/t12-/m1/s1. The van der Waals surface area contributed by atoms with Crippen LogP contribution >= 0.6 is 0 Å². The summed E-state index contributed by atoms with van der Waals surface area (Å²) < 4.78 is 4.94. The Morgan fingerprint density at radius 1 is 1.39 bits per heavy atom. The number of nitrogens with zero attached hydrogens (tertiary/aromatic N) is 2. The van der Waals surface area contributed by atoms with Crippen molar-refractivity contribution >= 4 is 17.6 Å². The number of nitrogens with one attached hydrogen (secondary N) is 1. The van der Waals surface area contributed by atoms with Crippen molar-refractivity contribution < 1.29 is 14.1 Å². The number of hydrogen-bond acceptors (Lipinski definition) is 4. The summed E-state index contributed by atoms with van der Waals surface area (Å²) in [6, 6.07) is 1.71. The predicted octanol–water partition coefficient (Wildman–Crippen LogP) is 3.13.